The van der Waals surface area contributed by atoms with Gasteiger partial charge >= 0.3 is 12.4 Å². The molecule has 1 aromatic carbocycles. The minimum atomic E-state index is -3.20. The molecule has 0 radical (unpaired) electrons. The van der Waals surface area contributed by atoms with E-state index < -0.39 is 40.9 Å². The summed E-state index contributed by atoms with van der Waals surface area (Å²) in [7, 11) is 0. The molecule has 1 N–H and O–H groups in total. The first-order chi connectivity index (χ1) is 12.2. The van der Waals surface area contributed by atoms with Crippen molar-refractivity contribution in [2.45, 2.75) is 32.9 Å². The fraction of sp³-hybridized carbons (Fsp3) is 0.333. The van der Waals surface area contributed by atoms with Crippen molar-refractivity contribution in [3.63, 3.8) is 0 Å². The Labute approximate surface area is 145 Å². The number of benzene rings is 1. The number of alkyl halides is 2. The fourth-order valence-electron chi connectivity index (χ4n) is 2.35. The van der Waals surface area contributed by atoms with Crippen LogP contribution in [0, 0.1) is 22.9 Å². The van der Waals surface area contributed by atoms with Crippen molar-refractivity contribution in [1.82, 2.24) is 9.78 Å². The van der Waals surface area contributed by atoms with Gasteiger partial charge in [0.1, 0.15) is 5.82 Å². The Morgan fingerprint density at radius 2 is 2.12 bits per heavy atom. The normalized spacial score (nSPS) is 12.1. The fourth-order valence-corrected chi connectivity index (χ4v) is 2.35. The molecule has 140 valence electrons. The number of aryl methyl sites for hydroxylation is 1. The lowest BCUT2D eigenvalue weighted by Crippen LogP contribution is -2.27. The standard InChI is InChI=1S/C15H15F3N4O4/c1-3-11(21-8(2)6-13(20-21)22(24)25)14(23)19-10-5-4-9(16)7-12(10)26-15(17)18/h4-7,11,15H,3H2,1-2H3,(H,19,23). The van der Waals surface area contributed by atoms with E-state index in [2.05, 4.69) is 15.2 Å². The third kappa shape index (κ3) is 4.29. The van der Waals surface area contributed by atoms with Gasteiger partial charge in [0.25, 0.3) is 5.91 Å². The SMILES string of the molecule is CCC(C(=O)Nc1ccc(F)cc1OC(F)F)n1nc([N+](=O)[O-])cc1C. The van der Waals surface area contributed by atoms with Gasteiger partial charge in [0.2, 0.25) is 0 Å². The molecule has 0 saturated heterocycles. The number of anilines is 1. The number of hydrogen-bond donors (Lipinski definition) is 1. The first kappa shape index (κ1) is 19.2. The Bertz CT molecular complexity index is 825. The van der Waals surface area contributed by atoms with E-state index in [1.165, 1.54) is 10.7 Å². The molecule has 0 bridgehead atoms. The van der Waals surface area contributed by atoms with Crippen molar-refractivity contribution in [2.24, 2.45) is 0 Å². The maximum Gasteiger partial charge on any atom is 0.390 e. The van der Waals surface area contributed by atoms with Gasteiger partial charge in [-0.05, 0) is 30.4 Å². The van der Waals surface area contributed by atoms with Crippen LogP contribution in [0.4, 0.5) is 24.7 Å². The van der Waals surface area contributed by atoms with Crippen LogP contribution in [0.15, 0.2) is 24.3 Å². The van der Waals surface area contributed by atoms with Gasteiger partial charge in [-0.2, -0.15) is 13.5 Å². The summed E-state index contributed by atoms with van der Waals surface area (Å²) in [5, 5.41) is 17.0. The summed E-state index contributed by atoms with van der Waals surface area (Å²) in [5.41, 5.74) is 0.219. The smallest absolute Gasteiger partial charge is 0.390 e. The molecule has 1 heterocycles. The number of halogens is 3. The van der Waals surface area contributed by atoms with E-state index in [0.717, 1.165) is 12.1 Å². The Morgan fingerprint density at radius 1 is 1.42 bits per heavy atom. The Morgan fingerprint density at radius 3 is 2.65 bits per heavy atom. The molecule has 0 aliphatic carbocycles. The van der Waals surface area contributed by atoms with Crippen molar-refractivity contribution in [3.05, 3.63) is 45.9 Å². The van der Waals surface area contributed by atoms with Crippen molar-refractivity contribution in [3.8, 4) is 5.75 Å². The number of rotatable bonds is 7. The lowest BCUT2D eigenvalue weighted by molar-refractivity contribution is -0.389. The summed E-state index contributed by atoms with van der Waals surface area (Å²) in [6, 6.07) is 3.04. The zero-order valence-corrected chi connectivity index (χ0v) is 13.8. The first-order valence-corrected chi connectivity index (χ1v) is 7.48. The van der Waals surface area contributed by atoms with Crippen LogP contribution in [0.5, 0.6) is 5.75 Å². The first-order valence-electron chi connectivity index (χ1n) is 7.48. The van der Waals surface area contributed by atoms with E-state index in [-0.39, 0.29) is 12.1 Å². The summed E-state index contributed by atoms with van der Waals surface area (Å²) in [6.07, 6.45) is 0.220. The molecule has 8 nitrogen and oxygen atoms in total. The minimum absolute atomic E-state index is 0.158. The maximum absolute atomic E-state index is 13.2. The summed E-state index contributed by atoms with van der Waals surface area (Å²) in [6.45, 7) is -0.0112. The molecular formula is C15H15F3N4O4. The third-order valence-electron chi connectivity index (χ3n) is 3.50. The zero-order valence-electron chi connectivity index (χ0n) is 13.8. The molecule has 0 fully saturated rings. The second-order valence-corrected chi connectivity index (χ2v) is 5.28. The Balaban J connectivity index is 2.29. The number of nitro groups is 1. The predicted octanol–water partition coefficient (Wildman–Crippen LogP) is 3.43. The van der Waals surface area contributed by atoms with Crippen LogP contribution in [0.2, 0.25) is 0 Å². The van der Waals surface area contributed by atoms with Gasteiger partial charge in [-0.15, -0.1) is 0 Å². The molecule has 0 spiro atoms. The average Bonchev–Trinajstić information content (AvgIpc) is 2.92. The largest absolute Gasteiger partial charge is 0.432 e. The highest BCUT2D eigenvalue weighted by Gasteiger charge is 2.28. The van der Waals surface area contributed by atoms with E-state index in [4.69, 9.17) is 0 Å². The molecule has 1 aromatic heterocycles. The van der Waals surface area contributed by atoms with Crippen LogP contribution in [0.25, 0.3) is 0 Å². The molecule has 1 atom stereocenters. The van der Waals surface area contributed by atoms with E-state index in [9.17, 15) is 28.1 Å². The molecule has 0 saturated carbocycles. The molecule has 2 rings (SSSR count). The average molecular weight is 372 g/mol. The number of nitrogens with zero attached hydrogens (tertiary/aromatic N) is 3. The Kier molecular flexibility index (Phi) is 5.80. The van der Waals surface area contributed by atoms with Gasteiger partial charge in [0.15, 0.2) is 11.8 Å². The van der Waals surface area contributed by atoms with Crippen molar-refractivity contribution in [2.75, 3.05) is 5.32 Å². The van der Waals surface area contributed by atoms with Crippen LogP contribution in [0.1, 0.15) is 25.1 Å². The number of hydrogen-bond acceptors (Lipinski definition) is 5. The molecule has 26 heavy (non-hydrogen) atoms. The summed E-state index contributed by atoms with van der Waals surface area (Å²) >= 11 is 0. The summed E-state index contributed by atoms with van der Waals surface area (Å²) in [4.78, 5) is 22.7. The van der Waals surface area contributed by atoms with Gasteiger partial charge in [0, 0.05) is 6.07 Å². The van der Waals surface area contributed by atoms with Crippen molar-refractivity contribution < 1.29 is 27.6 Å². The highest BCUT2D eigenvalue weighted by Crippen LogP contribution is 2.28. The summed E-state index contributed by atoms with van der Waals surface area (Å²) in [5.74, 6) is -2.44. The minimum Gasteiger partial charge on any atom is -0.432 e. The number of carbonyl (C=O) groups excluding carboxylic acids is 1. The molecule has 0 aliphatic rings. The zero-order chi connectivity index (χ0) is 19.4. The lowest BCUT2D eigenvalue weighted by atomic mass is 10.2. The van der Waals surface area contributed by atoms with Gasteiger partial charge in [0.05, 0.1) is 22.5 Å². The number of ether oxygens (including phenoxy) is 1. The van der Waals surface area contributed by atoms with E-state index in [0.29, 0.717) is 11.8 Å². The molecule has 11 heteroatoms. The van der Waals surface area contributed by atoms with Crippen LogP contribution in [0.3, 0.4) is 0 Å². The molecular weight excluding hydrogens is 357 g/mol. The molecule has 0 aliphatic heterocycles. The number of carbonyl (C=O) groups is 1. The molecule has 1 unspecified atom stereocenters. The molecule has 2 aromatic rings. The lowest BCUT2D eigenvalue weighted by Gasteiger charge is -2.16. The van der Waals surface area contributed by atoms with Crippen LogP contribution < -0.4 is 10.1 Å². The second kappa shape index (κ2) is 7.85. The van der Waals surface area contributed by atoms with Gasteiger partial charge in [-0.3, -0.25) is 4.79 Å². The van der Waals surface area contributed by atoms with Crippen LogP contribution in [-0.4, -0.2) is 27.2 Å². The summed E-state index contributed by atoms with van der Waals surface area (Å²) < 4.78 is 43.5. The Hall–Kier alpha value is -3.11. The number of aromatic nitrogens is 2. The van der Waals surface area contributed by atoms with E-state index in [1.54, 1.807) is 13.8 Å². The number of amides is 1. The maximum atomic E-state index is 13.2. The van der Waals surface area contributed by atoms with Crippen molar-refractivity contribution in [1.29, 1.82) is 0 Å². The highest BCUT2D eigenvalue weighted by atomic mass is 19.3. The highest BCUT2D eigenvalue weighted by molar-refractivity contribution is 5.95. The quantitative estimate of drug-likeness (QED) is 0.593. The van der Waals surface area contributed by atoms with E-state index in [1.807, 2.05) is 0 Å². The topological polar surface area (TPSA) is 99.3 Å². The van der Waals surface area contributed by atoms with Crippen LogP contribution in [-0.2, 0) is 4.79 Å². The van der Waals surface area contributed by atoms with Crippen LogP contribution >= 0.6 is 0 Å². The molecule has 1 amide bonds. The second-order valence-electron chi connectivity index (χ2n) is 5.28. The van der Waals surface area contributed by atoms with E-state index >= 15 is 0 Å². The number of nitrogens with one attached hydrogen (secondary N) is 1. The van der Waals surface area contributed by atoms with Gasteiger partial charge < -0.3 is 20.2 Å². The predicted molar refractivity (Wildman–Crippen MR) is 84.6 cm³/mol. The monoisotopic (exact) mass is 372 g/mol. The van der Waals surface area contributed by atoms with Gasteiger partial charge in [-0.25, -0.2) is 4.39 Å². The van der Waals surface area contributed by atoms with Gasteiger partial charge in [-0.1, -0.05) is 6.92 Å². The third-order valence-corrected chi connectivity index (χ3v) is 3.50. The van der Waals surface area contributed by atoms with Crippen molar-refractivity contribution >= 4 is 17.4 Å².